The number of carbonyl (C=O) groups excluding carboxylic acids is 1. The molecule has 0 bridgehead atoms. The molecule has 7 unspecified atom stereocenters. The summed E-state index contributed by atoms with van der Waals surface area (Å²) in [4.78, 5) is 12.5. The first kappa shape index (κ1) is 35.4. The summed E-state index contributed by atoms with van der Waals surface area (Å²) in [7, 11) is -4.38. The van der Waals surface area contributed by atoms with Gasteiger partial charge in [-0.1, -0.05) is 46.8 Å². The monoisotopic (exact) mass is 607 g/mol. The third kappa shape index (κ3) is 6.66. The van der Waals surface area contributed by atoms with Gasteiger partial charge in [0.2, 0.25) is 5.91 Å². The number of hydrogen-bond acceptors (Lipinski definition) is 8. The van der Waals surface area contributed by atoms with Gasteiger partial charge >= 0.3 is 29.6 Å². The summed E-state index contributed by atoms with van der Waals surface area (Å²) in [6.45, 7) is 9.95. The first-order valence-electron chi connectivity index (χ1n) is 15.1. The second kappa shape index (κ2) is 12.8. The molecule has 4 aliphatic rings. The largest absolute Gasteiger partial charge is 1.00 e. The quantitative estimate of drug-likeness (QED) is 0.136. The molecule has 41 heavy (non-hydrogen) atoms. The average molecular weight is 608 g/mol. The molecule has 0 aromatic rings. The van der Waals surface area contributed by atoms with Crippen molar-refractivity contribution in [3.63, 3.8) is 0 Å². The van der Waals surface area contributed by atoms with Crippen LogP contribution in [0.15, 0.2) is 12.2 Å². The van der Waals surface area contributed by atoms with E-state index >= 15 is 0 Å². The number of nitrogens with one attached hydrogen (secondary N) is 1. The van der Waals surface area contributed by atoms with Crippen LogP contribution in [0.2, 0.25) is 0 Å². The van der Waals surface area contributed by atoms with Crippen LogP contribution in [0.25, 0.3) is 0 Å². The Kier molecular flexibility index (Phi) is 11.0. The molecule has 0 spiro atoms. The molecular formula is C30H50NNaO8S. The van der Waals surface area contributed by atoms with E-state index in [9.17, 15) is 38.2 Å². The minimum atomic E-state index is -4.38. The Morgan fingerprint density at radius 2 is 1.66 bits per heavy atom. The molecule has 4 saturated carbocycles. The maximum absolute atomic E-state index is 12.5. The molecule has 0 radical (unpaired) electrons. The number of hydrogen-bond donors (Lipinski definition) is 5. The third-order valence-electron chi connectivity index (χ3n) is 11.9. The van der Waals surface area contributed by atoms with Gasteiger partial charge in [-0.15, -0.1) is 0 Å². The average Bonchev–Trinajstić information content (AvgIpc) is 3.13. The summed E-state index contributed by atoms with van der Waals surface area (Å²) >= 11 is 0. The summed E-state index contributed by atoms with van der Waals surface area (Å²) in [5.41, 5.74) is -1.77. The summed E-state index contributed by atoms with van der Waals surface area (Å²) < 4.78 is 32.4. The Labute approximate surface area is 268 Å². The minimum absolute atomic E-state index is 0. The normalized spacial score (nSPS) is 44.6. The number of carbonyl (C=O) groups is 1. The number of rotatable bonds is 8. The van der Waals surface area contributed by atoms with E-state index in [-0.39, 0.29) is 94.8 Å². The molecule has 0 aromatic heterocycles. The Balaban J connectivity index is 0.00000462. The van der Waals surface area contributed by atoms with Gasteiger partial charge in [0.1, 0.15) is 0 Å². The van der Waals surface area contributed by atoms with E-state index in [4.69, 9.17) is 0 Å². The van der Waals surface area contributed by atoms with Crippen LogP contribution >= 0.6 is 0 Å². The molecule has 13 atom stereocenters. The number of aliphatic hydroxyl groups is 4. The molecule has 0 aromatic carbocycles. The number of aliphatic hydroxyl groups excluding tert-OH is 3. The first-order valence-corrected chi connectivity index (χ1v) is 16.7. The maximum Gasteiger partial charge on any atom is 1.00 e. The van der Waals surface area contributed by atoms with Crippen LogP contribution in [0.3, 0.4) is 0 Å². The molecule has 4 aliphatic carbocycles. The van der Waals surface area contributed by atoms with E-state index in [1.807, 2.05) is 13.0 Å². The van der Waals surface area contributed by atoms with E-state index in [1.165, 1.54) is 0 Å². The van der Waals surface area contributed by atoms with Crippen LogP contribution < -0.4 is 34.9 Å². The topological polar surface area (TPSA) is 167 Å². The smallest absolute Gasteiger partial charge is 0.748 e. The van der Waals surface area contributed by atoms with E-state index in [1.54, 1.807) is 6.92 Å². The fourth-order valence-corrected chi connectivity index (χ4v) is 10.0. The zero-order chi connectivity index (χ0) is 29.8. The van der Waals surface area contributed by atoms with E-state index in [0.717, 1.165) is 19.3 Å². The van der Waals surface area contributed by atoms with Crippen LogP contribution in [-0.2, 0) is 14.9 Å². The van der Waals surface area contributed by atoms with Gasteiger partial charge in [0, 0.05) is 24.8 Å². The van der Waals surface area contributed by atoms with Gasteiger partial charge in [-0.05, 0) is 78.9 Å². The minimum Gasteiger partial charge on any atom is -0.748 e. The Morgan fingerprint density at radius 3 is 2.29 bits per heavy atom. The van der Waals surface area contributed by atoms with Crippen molar-refractivity contribution < 1.29 is 67.7 Å². The van der Waals surface area contributed by atoms with Crippen molar-refractivity contribution in [1.82, 2.24) is 5.32 Å². The number of amides is 1. The molecule has 11 heteroatoms. The zero-order valence-corrected chi connectivity index (χ0v) is 28.4. The number of allylic oxidation sites excluding steroid dienone is 2. The van der Waals surface area contributed by atoms with Crippen LogP contribution in [0.1, 0.15) is 79.6 Å². The summed E-state index contributed by atoms with van der Waals surface area (Å²) in [6, 6.07) is 0. The molecule has 9 nitrogen and oxygen atoms in total. The van der Waals surface area contributed by atoms with Crippen molar-refractivity contribution in [3.05, 3.63) is 12.2 Å². The zero-order valence-electron chi connectivity index (χ0n) is 25.6. The fraction of sp³-hybridized carbons (Fsp3) is 0.900. The Bertz CT molecular complexity index is 1090. The standard InChI is InChI=1S/C30H51NO8S.Na/c1-17(19(3)27(35)31-12-13-40(37,38)39)6-7-18(2)21-15-23(33)26-29(21,5)11-9-25-28(4)10-8-20(32)14-22(28)24(34)16-30(25,26)36;/h6-7,17-26,32-34,36H,8-16H2,1-5H3,(H,31,35)(H,37,38,39);/q;+1/p-1/b7-6+;/t17-,18-,19+,20?,21-,22?,23?,24?,25?,26?,28+,29-,30?;/m1./s1. The van der Waals surface area contributed by atoms with Gasteiger partial charge in [0.25, 0.3) is 0 Å². The van der Waals surface area contributed by atoms with Crippen LogP contribution in [0.4, 0.5) is 0 Å². The molecular weight excluding hydrogens is 557 g/mol. The maximum atomic E-state index is 12.5. The molecule has 1 amide bonds. The first-order chi connectivity index (χ1) is 18.4. The van der Waals surface area contributed by atoms with E-state index in [2.05, 4.69) is 32.2 Å². The SMILES string of the molecule is C[C@H](/C=C/[C@@H](C)[C@H]1CC(O)C2C3(O)CC(O)C4CC(O)CC[C@]4(C)C3CC[C@@]21C)[C@H](C)C(=O)NCCS(=O)(=O)[O-].[Na+]. The van der Waals surface area contributed by atoms with Crippen molar-refractivity contribution >= 4 is 16.0 Å². The van der Waals surface area contributed by atoms with Crippen molar-refractivity contribution in [3.8, 4) is 0 Å². The summed E-state index contributed by atoms with van der Waals surface area (Å²) in [5, 5.41) is 48.0. The number of fused-ring (bicyclic) bond motifs is 5. The Morgan fingerprint density at radius 1 is 1.02 bits per heavy atom. The van der Waals surface area contributed by atoms with Gasteiger partial charge in [-0.2, -0.15) is 0 Å². The molecule has 0 saturated heterocycles. The molecule has 4 rings (SSSR count). The molecule has 0 heterocycles. The summed E-state index contributed by atoms with van der Waals surface area (Å²) in [6.07, 6.45) is 6.77. The van der Waals surface area contributed by atoms with Gasteiger partial charge in [-0.3, -0.25) is 4.79 Å². The fourth-order valence-electron chi connectivity index (χ4n) is 9.69. The molecule has 5 N–H and O–H groups in total. The van der Waals surface area contributed by atoms with E-state index < -0.39 is 45.7 Å². The van der Waals surface area contributed by atoms with Crippen molar-refractivity contribution in [2.75, 3.05) is 12.3 Å². The van der Waals surface area contributed by atoms with Crippen molar-refractivity contribution in [2.45, 2.75) is 103 Å². The third-order valence-corrected chi connectivity index (χ3v) is 12.6. The predicted molar refractivity (Wildman–Crippen MR) is 150 cm³/mol. The molecule has 4 fully saturated rings. The van der Waals surface area contributed by atoms with Crippen molar-refractivity contribution in [2.24, 2.45) is 52.3 Å². The van der Waals surface area contributed by atoms with Gasteiger partial charge in [0.15, 0.2) is 0 Å². The predicted octanol–water partition coefficient (Wildman–Crippen LogP) is -0.807. The molecule has 0 aliphatic heterocycles. The van der Waals surface area contributed by atoms with Gasteiger partial charge < -0.3 is 30.3 Å². The van der Waals surface area contributed by atoms with Crippen LogP contribution in [0, 0.1) is 52.3 Å². The molecule has 230 valence electrons. The second-order valence-corrected chi connectivity index (χ2v) is 15.8. The van der Waals surface area contributed by atoms with Crippen molar-refractivity contribution in [1.29, 1.82) is 0 Å². The van der Waals surface area contributed by atoms with Crippen LogP contribution in [0.5, 0.6) is 0 Å². The van der Waals surface area contributed by atoms with E-state index in [0.29, 0.717) is 19.3 Å². The Hall–Kier alpha value is -0.0400. The van der Waals surface area contributed by atoms with Crippen LogP contribution in [-0.4, -0.2) is 75.5 Å². The second-order valence-electron chi connectivity index (χ2n) is 14.2. The summed E-state index contributed by atoms with van der Waals surface area (Å²) in [5.74, 6) is -1.73. The van der Waals surface area contributed by atoms with Gasteiger partial charge in [0.05, 0.1) is 39.8 Å². The van der Waals surface area contributed by atoms with Gasteiger partial charge in [-0.25, -0.2) is 8.42 Å².